The first-order valence-electron chi connectivity index (χ1n) is 5.49. The van der Waals surface area contributed by atoms with Crippen LogP contribution in [0.2, 0.25) is 0 Å². The molecule has 0 amide bonds. The zero-order chi connectivity index (χ0) is 11.4. The summed E-state index contributed by atoms with van der Waals surface area (Å²) in [6.07, 6.45) is 3.01. The summed E-state index contributed by atoms with van der Waals surface area (Å²) in [5, 5.41) is 0. The van der Waals surface area contributed by atoms with E-state index in [9.17, 15) is 4.79 Å². The number of halogens is 1. The maximum atomic E-state index is 11.5. The molecule has 0 fully saturated rings. The van der Waals surface area contributed by atoms with Crippen LogP contribution in [0.3, 0.4) is 0 Å². The number of carbonyl (C=O) groups excluding carboxylic acids is 1. The Morgan fingerprint density at radius 1 is 1.07 bits per heavy atom. The minimum Gasteiger partial charge on any atom is -0.282 e. The second-order valence-electron chi connectivity index (χ2n) is 3.56. The SMILES string of the molecule is CCc1ccc(C(=O)I)c(CC)c1CC. The van der Waals surface area contributed by atoms with E-state index in [0.717, 1.165) is 24.8 Å². The molecule has 1 aromatic rings. The molecule has 0 saturated heterocycles. The zero-order valence-electron chi connectivity index (χ0n) is 9.56. The van der Waals surface area contributed by atoms with Crippen molar-refractivity contribution in [3.63, 3.8) is 0 Å². The van der Waals surface area contributed by atoms with Gasteiger partial charge in [-0.2, -0.15) is 0 Å². The fourth-order valence-electron chi connectivity index (χ4n) is 2.10. The Kier molecular flexibility index (Phi) is 4.77. The van der Waals surface area contributed by atoms with Crippen molar-refractivity contribution in [3.8, 4) is 0 Å². The van der Waals surface area contributed by atoms with E-state index in [1.165, 1.54) is 16.7 Å². The summed E-state index contributed by atoms with van der Waals surface area (Å²) in [7, 11) is 0. The fourth-order valence-corrected chi connectivity index (χ4v) is 2.61. The molecule has 0 atom stereocenters. The molecule has 0 saturated carbocycles. The number of aryl methyl sites for hydroxylation is 1. The van der Waals surface area contributed by atoms with Crippen LogP contribution in [0.4, 0.5) is 0 Å². The van der Waals surface area contributed by atoms with Gasteiger partial charge in [0.25, 0.3) is 0 Å². The molecule has 0 bridgehead atoms. The normalized spacial score (nSPS) is 10.4. The van der Waals surface area contributed by atoms with Gasteiger partial charge in [-0.1, -0.05) is 32.9 Å². The van der Waals surface area contributed by atoms with Crippen molar-refractivity contribution >= 4 is 26.4 Å². The van der Waals surface area contributed by atoms with Gasteiger partial charge in [0, 0.05) is 28.2 Å². The summed E-state index contributed by atoms with van der Waals surface area (Å²) >= 11 is 1.88. The van der Waals surface area contributed by atoms with Crippen molar-refractivity contribution in [2.24, 2.45) is 0 Å². The third kappa shape index (κ3) is 2.60. The summed E-state index contributed by atoms with van der Waals surface area (Å²) in [6, 6.07) is 4.08. The number of carbonyl (C=O) groups is 1. The lowest BCUT2D eigenvalue weighted by atomic mass is 9.92. The van der Waals surface area contributed by atoms with Crippen molar-refractivity contribution in [1.29, 1.82) is 0 Å². The Morgan fingerprint density at radius 3 is 2.07 bits per heavy atom. The highest BCUT2D eigenvalue weighted by molar-refractivity contribution is 14.1. The third-order valence-electron chi connectivity index (χ3n) is 2.83. The molecule has 0 aliphatic carbocycles. The van der Waals surface area contributed by atoms with Crippen LogP contribution in [0, 0.1) is 0 Å². The summed E-state index contributed by atoms with van der Waals surface area (Å²) in [5.74, 6) is 0. The molecule has 82 valence electrons. The summed E-state index contributed by atoms with van der Waals surface area (Å²) < 4.78 is 0.154. The van der Waals surface area contributed by atoms with E-state index >= 15 is 0 Å². The van der Waals surface area contributed by atoms with Crippen LogP contribution in [0.15, 0.2) is 12.1 Å². The monoisotopic (exact) mass is 316 g/mol. The number of benzene rings is 1. The largest absolute Gasteiger partial charge is 0.282 e. The first-order valence-corrected chi connectivity index (χ1v) is 6.56. The standard InChI is InChI=1S/C13H17IO/c1-4-9-7-8-12(13(14)15)11(6-3)10(9)5-2/h7-8H,4-6H2,1-3H3. The van der Waals surface area contributed by atoms with E-state index in [1.807, 2.05) is 28.7 Å². The van der Waals surface area contributed by atoms with Gasteiger partial charge in [0.2, 0.25) is 3.79 Å². The van der Waals surface area contributed by atoms with E-state index in [4.69, 9.17) is 0 Å². The second kappa shape index (κ2) is 5.64. The molecule has 0 spiro atoms. The van der Waals surface area contributed by atoms with Crippen LogP contribution in [0.25, 0.3) is 0 Å². The Labute approximate surface area is 105 Å². The van der Waals surface area contributed by atoms with E-state index in [0.29, 0.717) is 0 Å². The van der Waals surface area contributed by atoms with Gasteiger partial charge < -0.3 is 0 Å². The van der Waals surface area contributed by atoms with Crippen LogP contribution in [-0.2, 0) is 19.3 Å². The van der Waals surface area contributed by atoms with E-state index in [1.54, 1.807) is 0 Å². The molecule has 0 unspecified atom stereocenters. The lowest BCUT2D eigenvalue weighted by Gasteiger charge is -2.14. The van der Waals surface area contributed by atoms with Crippen molar-refractivity contribution in [1.82, 2.24) is 0 Å². The molecular formula is C13H17IO. The maximum Gasteiger partial charge on any atom is 0.222 e. The fraction of sp³-hybridized carbons (Fsp3) is 0.462. The second-order valence-corrected chi connectivity index (χ2v) is 4.54. The highest BCUT2D eigenvalue weighted by atomic mass is 127. The van der Waals surface area contributed by atoms with Crippen molar-refractivity contribution in [3.05, 3.63) is 34.4 Å². The summed E-state index contributed by atoms with van der Waals surface area (Å²) in [5.41, 5.74) is 4.90. The summed E-state index contributed by atoms with van der Waals surface area (Å²) in [4.78, 5) is 11.5. The van der Waals surface area contributed by atoms with Crippen LogP contribution in [-0.4, -0.2) is 3.79 Å². The average Bonchev–Trinajstić information content (AvgIpc) is 2.26. The Balaban J connectivity index is 3.40. The van der Waals surface area contributed by atoms with E-state index in [2.05, 4.69) is 26.8 Å². The topological polar surface area (TPSA) is 17.1 Å². The number of hydrogen-bond donors (Lipinski definition) is 0. The van der Waals surface area contributed by atoms with Crippen LogP contribution < -0.4 is 0 Å². The highest BCUT2D eigenvalue weighted by Crippen LogP contribution is 2.23. The van der Waals surface area contributed by atoms with Gasteiger partial charge in [0.15, 0.2) is 0 Å². The Bertz CT molecular complexity index is 369. The van der Waals surface area contributed by atoms with Gasteiger partial charge in [-0.05, 0) is 36.0 Å². The molecule has 1 rings (SSSR count). The van der Waals surface area contributed by atoms with Crippen molar-refractivity contribution < 1.29 is 4.79 Å². The molecule has 0 heterocycles. The van der Waals surface area contributed by atoms with E-state index in [-0.39, 0.29) is 3.79 Å². The quantitative estimate of drug-likeness (QED) is 0.607. The zero-order valence-corrected chi connectivity index (χ0v) is 11.7. The molecule has 1 aromatic carbocycles. The molecule has 2 heteroatoms. The lowest BCUT2D eigenvalue weighted by Crippen LogP contribution is -2.04. The third-order valence-corrected chi connectivity index (χ3v) is 3.41. The first kappa shape index (κ1) is 12.7. The van der Waals surface area contributed by atoms with Crippen LogP contribution in [0.5, 0.6) is 0 Å². The van der Waals surface area contributed by atoms with Gasteiger partial charge >= 0.3 is 0 Å². The predicted octanol–water partition coefficient (Wildman–Crippen LogP) is 3.95. The summed E-state index contributed by atoms with van der Waals surface area (Å²) in [6.45, 7) is 6.45. The van der Waals surface area contributed by atoms with Crippen molar-refractivity contribution in [2.45, 2.75) is 40.0 Å². The predicted molar refractivity (Wildman–Crippen MR) is 72.9 cm³/mol. The lowest BCUT2D eigenvalue weighted by molar-refractivity contribution is 0.110. The molecule has 0 aliphatic heterocycles. The van der Waals surface area contributed by atoms with Gasteiger partial charge in [-0.3, -0.25) is 4.79 Å². The Hall–Kier alpha value is -0.380. The smallest absolute Gasteiger partial charge is 0.222 e. The first-order chi connectivity index (χ1) is 7.15. The average molecular weight is 316 g/mol. The number of rotatable bonds is 4. The van der Waals surface area contributed by atoms with Gasteiger partial charge in [0.05, 0.1) is 0 Å². The van der Waals surface area contributed by atoms with E-state index < -0.39 is 0 Å². The number of hydrogen-bond acceptors (Lipinski definition) is 1. The van der Waals surface area contributed by atoms with Gasteiger partial charge in [-0.25, -0.2) is 0 Å². The Morgan fingerprint density at radius 2 is 1.67 bits per heavy atom. The molecular weight excluding hydrogens is 299 g/mol. The molecule has 0 aliphatic rings. The van der Waals surface area contributed by atoms with Crippen LogP contribution >= 0.6 is 22.6 Å². The molecule has 0 N–H and O–H groups in total. The maximum absolute atomic E-state index is 11.5. The molecule has 15 heavy (non-hydrogen) atoms. The minimum absolute atomic E-state index is 0.154. The molecule has 0 radical (unpaired) electrons. The van der Waals surface area contributed by atoms with Crippen molar-refractivity contribution in [2.75, 3.05) is 0 Å². The van der Waals surface area contributed by atoms with Crippen LogP contribution in [0.1, 0.15) is 47.8 Å². The highest BCUT2D eigenvalue weighted by Gasteiger charge is 2.13. The minimum atomic E-state index is 0.154. The molecule has 0 aromatic heterocycles. The van der Waals surface area contributed by atoms with Gasteiger partial charge in [0.1, 0.15) is 0 Å². The van der Waals surface area contributed by atoms with Gasteiger partial charge in [-0.15, -0.1) is 0 Å². The molecule has 1 nitrogen and oxygen atoms in total.